The SMILES string of the molecule is C=CCn1c(C)c(C)n2c3c(=O)n(CC(C)=O)c(=O)n(C)c3nc12. The minimum absolute atomic E-state index is 0.250. The fourth-order valence-corrected chi connectivity index (χ4v) is 3.02. The number of rotatable bonds is 4. The van der Waals surface area contributed by atoms with E-state index in [2.05, 4.69) is 11.6 Å². The second-order valence-corrected chi connectivity index (χ2v) is 5.92. The van der Waals surface area contributed by atoms with E-state index in [0.717, 1.165) is 16.0 Å². The number of hydrogen-bond acceptors (Lipinski definition) is 4. The Labute approximate surface area is 137 Å². The van der Waals surface area contributed by atoms with Crippen molar-refractivity contribution in [2.24, 2.45) is 7.05 Å². The Bertz CT molecular complexity index is 1120. The van der Waals surface area contributed by atoms with Crippen LogP contribution in [-0.4, -0.2) is 28.9 Å². The molecule has 3 aromatic rings. The molecular formula is C16H19N5O3. The largest absolute Gasteiger partial charge is 0.332 e. The quantitative estimate of drug-likeness (QED) is 0.654. The molecule has 0 atom stereocenters. The van der Waals surface area contributed by atoms with Crippen molar-refractivity contribution in [1.82, 2.24) is 23.1 Å². The molecule has 0 saturated heterocycles. The molecule has 0 saturated carbocycles. The number of aryl methyl sites for hydroxylation is 2. The van der Waals surface area contributed by atoms with Crippen molar-refractivity contribution in [2.45, 2.75) is 33.9 Å². The van der Waals surface area contributed by atoms with Crippen molar-refractivity contribution in [3.05, 3.63) is 44.9 Å². The third kappa shape index (κ3) is 1.99. The van der Waals surface area contributed by atoms with Gasteiger partial charge in [0, 0.05) is 25.0 Å². The van der Waals surface area contributed by atoms with Crippen molar-refractivity contribution in [3.8, 4) is 0 Å². The highest BCUT2D eigenvalue weighted by Gasteiger charge is 2.22. The molecule has 0 radical (unpaired) electrons. The Morgan fingerprint density at radius 3 is 2.46 bits per heavy atom. The Morgan fingerprint density at radius 2 is 1.88 bits per heavy atom. The molecule has 0 amide bonds. The van der Waals surface area contributed by atoms with Crippen LogP contribution >= 0.6 is 0 Å². The molecule has 8 nitrogen and oxygen atoms in total. The van der Waals surface area contributed by atoms with Gasteiger partial charge in [0.05, 0.1) is 6.54 Å². The number of ketones is 1. The van der Waals surface area contributed by atoms with Crippen LogP contribution < -0.4 is 11.2 Å². The summed E-state index contributed by atoms with van der Waals surface area (Å²) >= 11 is 0. The van der Waals surface area contributed by atoms with Crippen LogP contribution in [0, 0.1) is 13.8 Å². The summed E-state index contributed by atoms with van der Waals surface area (Å²) in [6, 6.07) is 0. The van der Waals surface area contributed by atoms with Gasteiger partial charge in [0.1, 0.15) is 5.78 Å². The molecule has 0 aromatic carbocycles. The zero-order chi connectivity index (χ0) is 17.8. The van der Waals surface area contributed by atoms with E-state index in [4.69, 9.17) is 0 Å². The Morgan fingerprint density at radius 1 is 1.21 bits per heavy atom. The lowest BCUT2D eigenvalue weighted by atomic mass is 10.3. The van der Waals surface area contributed by atoms with Gasteiger partial charge < -0.3 is 4.57 Å². The smallest absolute Gasteiger partial charge is 0.310 e. The number of carbonyl (C=O) groups excluding carboxylic acids is 1. The predicted molar refractivity (Wildman–Crippen MR) is 90.5 cm³/mol. The lowest BCUT2D eigenvalue weighted by Gasteiger charge is -2.06. The number of Topliss-reactive ketones (excluding diaryl/α,β-unsaturated/α-hetero) is 1. The van der Waals surface area contributed by atoms with Gasteiger partial charge in [-0.25, -0.2) is 4.79 Å². The molecule has 3 heterocycles. The maximum absolute atomic E-state index is 12.8. The molecule has 0 spiro atoms. The van der Waals surface area contributed by atoms with Gasteiger partial charge in [-0.1, -0.05) is 6.08 Å². The van der Waals surface area contributed by atoms with Gasteiger partial charge in [0.25, 0.3) is 5.56 Å². The molecule has 0 aliphatic carbocycles. The highest BCUT2D eigenvalue weighted by atomic mass is 16.2. The molecule has 0 N–H and O–H groups in total. The molecular weight excluding hydrogens is 310 g/mol. The van der Waals surface area contributed by atoms with Gasteiger partial charge in [-0.05, 0) is 20.8 Å². The summed E-state index contributed by atoms with van der Waals surface area (Å²) in [5.41, 5.74) is 1.38. The Hall–Kier alpha value is -2.90. The first-order valence-corrected chi connectivity index (χ1v) is 7.57. The van der Waals surface area contributed by atoms with E-state index < -0.39 is 11.2 Å². The fourth-order valence-electron chi connectivity index (χ4n) is 3.02. The first-order valence-electron chi connectivity index (χ1n) is 7.57. The van der Waals surface area contributed by atoms with Crippen molar-refractivity contribution < 1.29 is 4.79 Å². The number of imidazole rings is 2. The predicted octanol–water partition coefficient (Wildman–Crippen LogP) is 0.541. The van der Waals surface area contributed by atoms with Crippen LogP contribution in [0.25, 0.3) is 16.9 Å². The minimum Gasteiger partial charge on any atom is -0.310 e. The zero-order valence-corrected chi connectivity index (χ0v) is 14.2. The summed E-state index contributed by atoms with van der Waals surface area (Å²) in [7, 11) is 1.55. The molecule has 0 aliphatic heterocycles. The summed E-state index contributed by atoms with van der Waals surface area (Å²) in [6.45, 7) is 9.22. The van der Waals surface area contributed by atoms with Crippen molar-refractivity contribution in [2.75, 3.05) is 0 Å². The number of allylic oxidation sites excluding steroid dienone is 1. The van der Waals surface area contributed by atoms with Crippen LogP contribution in [0.1, 0.15) is 18.3 Å². The zero-order valence-electron chi connectivity index (χ0n) is 14.2. The fraction of sp³-hybridized carbons (Fsp3) is 0.375. The second-order valence-electron chi connectivity index (χ2n) is 5.92. The first kappa shape index (κ1) is 16.0. The van der Waals surface area contributed by atoms with E-state index in [9.17, 15) is 14.4 Å². The summed E-state index contributed by atoms with van der Waals surface area (Å²) in [4.78, 5) is 41.2. The normalized spacial score (nSPS) is 11.5. The monoisotopic (exact) mass is 329 g/mol. The maximum Gasteiger partial charge on any atom is 0.332 e. The van der Waals surface area contributed by atoms with Crippen LogP contribution in [0.5, 0.6) is 0 Å². The maximum atomic E-state index is 12.8. The van der Waals surface area contributed by atoms with E-state index in [-0.39, 0.29) is 12.3 Å². The van der Waals surface area contributed by atoms with Crippen LogP contribution in [-0.2, 0) is 24.9 Å². The average molecular weight is 329 g/mol. The van der Waals surface area contributed by atoms with Crippen molar-refractivity contribution in [3.63, 3.8) is 0 Å². The van der Waals surface area contributed by atoms with E-state index in [0.29, 0.717) is 23.5 Å². The van der Waals surface area contributed by atoms with Gasteiger partial charge in [0.2, 0.25) is 5.78 Å². The van der Waals surface area contributed by atoms with Gasteiger partial charge in [-0.2, -0.15) is 4.98 Å². The van der Waals surface area contributed by atoms with E-state index >= 15 is 0 Å². The number of fused-ring (bicyclic) bond motifs is 3. The lowest BCUT2D eigenvalue weighted by Crippen LogP contribution is -2.40. The summed E-state index contributed by atoms with van der Waals surface area (Å²) in [5.74, 6) is 0.319. The second kappa shape index (κ2) is 5.33. The number of aromatic nitrogens is 5. The van der Waals surface area contributed by atoms with Gasteiger partial charge in [-0.3, -0.25) is 23.1 Å². The standard InChI is InChI=1S/C16H19N5O3/c1-6-7-19-10(3)11(4)21-12-13(17-15(19)21)18(5)16(24)20(14(12)23)8-9(2)22/h6H,1,7-8H2,2-5H3. The summed E-state index contributed by atoms with van der Waals surface area (Å²) in [5, 5.41) is 0. The molecule has 8 heteroatoms. The number of hydrogen-bond donors (Lipinski definition) is 0. The van der Waals surface area contributed by atoms with Gasteiger partial charge in [-0.15, -0.1) is 6.58 Å². The molecule has 3 rings (SSSR count). The van der Waals surface area contributed by atoms with Gasteiger partial charge in [0.15, 0.2) is 11.2 Å². The number of nitrogens with zero attached hydrogens (tertiary/aromatic N) is 5. The minimum atomic E-state index is -0.548. The van der Waals surface area contributed by atoms with E-state index in [1.165, 1.54) is 11.5 Å². The van der Waals surface area contributed by atoms with Crippen molar-refractivity contribution >= 4 is 22.7 Å². The lowest BCUT2D eigenvalue weighted by molar-refractivity contribution is -0.117. The summed E-state index contributed by atoms with van der Waals surface area (Å²) < 4.78 is 5.94. The van der Waals surface area contributed by atoms with Gasteiger partial charge >= 0.3 is 5.69 Å². The van der Waals surface area contributed by atoms with E-state index in [1.54, 1.807) is 17.5 Å². The average Bonchev–Trinajstić information content (AvgIpc) is 3.02. The van der Waals surface area contributed by atoms with Crippen LogP contribution in [0.4, 0.5) is 0 Å². The van der Waals surface area contributed by atoms with Crippen LogP contribution in [0.15, 0.2) is 22.2 Å². The third-order valence-corrected chi connectivity index (χ3v) is 4.32. The third-order valence-electron chi connectivity index (χ3n) is 4.32. The Kier molecular flexibility index (Phi) is 3.55. The highest BCUT2D eigenvalue weighted by molar-refractivity contribution is 5.78. The molecule has 0 unspecified atom stereocenters. The topological polar surface area (TPSA) is 83.3 Å². The molecule has 0 fully saturated rings. The molecule has 0 aliphatic rings. The Balaban J connectivity index is 2.56. The first-order chi connectivity index (χ1) is 11.3. The molecule has 24 heavy (non-hydrogen) atoms. The van der Waals surface area contributed by atoms with Crippen LogP contribution in [0.3, 0.4) is 0 Å². The molecule has 0 bridgehead atoms. The van der Waals surface area contributed by atoms with Crippen molar-refractivity contribution in [1.29, 1.82) is 0 Å². The van der Waals surface area contributed by atoms with E-state index in [1.807, 2.05) is 18.4 Å². The summed E-state index contributed by atoms with van der Waals surface area (Å²) in [6.07, 6.45) is 1.75. The molecule has 3 aromatic heterocycles. The highest BCUT2D eigenvalue weighted by Crippen LogP contribution is 2.20. The van der Waals surface area contributed by atoms with Crippen LogP contribution in [0.2, 0.25) is 0 Å². The molecule has 126 valence electrons. The number of carbonyl (C=O) groups is 1.